The molecule has 0 radical (unpaired) electrons. The number of rotatable bonds is 1. The summed E-state index contributed by atoms with van der Waals surface area (Å²) in [6, 6.07) is 5.95. The standard InChI is InChI=1S/C11H10FNO2S/c1-11(2)9(14)13(10(16)15-11)8-6-4-3-5-7(8)12/h3-6H,1-2H3. The molecule has 84 valence electrons. The summed E-state index contributed by atoms with van der Waals surface area (Å²) in [6.07, 6.45) is 0. The molecule has 1 aromatic carbocycles. The van der Waals surface area contributed by atoms with Crippen LogP contribution in [0.25, 0.3) is 0 Å². The Balaban J connectivity index is 2.47. The molecular formula is C11H10FNO2S. The van der Waals surface area contributed by atoms with Crippen LogP contribution in [0.1, 0.15) is 13.8 Å². The van der Waals surface area contributed by atoms with E-state index in [2.05, 4.69) is 0 Å². The number of ether oxygens (including phenoxy) is 1. The predicted molar refractivity (Wildman–Crippen MR) is 61.6 cm³/mol. The Kier molecular flexibility index (Phi) is 2.42. The third-order valence-electron chi connectivity index (χ3n) is 2.34. The fourth-order valence-electron chi connectivity index (χ4n) is 1.50. The van der Waals surface area contributed by atoms with Crippen LogP contribution < -0.4 is 4.90 Å². The van der Waals surface area contributed by atoms with E-state index in [0.29, 0.717) is 0 Å². The van der Waals surface area contributed by atoms with Crippen molar-refractivity contribution in [3.63, 3.8) is 0 Å². The molecule has 1 saturated heterocycles. The van der Waals surface area contributed by atoms with Crippen molar-refractivity contribution in [1.82, 2.24) is 0 Å². The number of nitrogens with zero attached hydrogens (tertiary/aromatic N) is 1. The van der Waals surface area contributed by atoms with Crippen molar-refractivity contribution in [2.75, 3.05) is 4.90 Å². The van der Waals surface area contributed by atoms with Crippen LogP contribution >= 0.6 is 12.2 Å². The van der Waals surface area contributed by atoms with Gasteiger partial charge in [0.1, 0.15) is 5.82 Å². The average molecular weight is 239 g/mol. The van der Waals surface area contributed by atoms with Gasteiger partial charge < -0.3 is 4.74 Å². The van der Waals surface area contributed by atoms with E-state index in [9.17, 15) is 9.18 Å². The average Bonchev–Trinajstić information content (AvgIpc) is 2.39. The molecule has 0 spiro atoms. The zero-order valence-electron chi connectivity index (χ0n) is 8.86. The molecule has 0 aliphatic carbocycles. The zero-order chi connectivity index (χ0) is 11.9. The summed E-state index contributed by atoms with van der Waals surface area (Å²) in [4.78, 5) is 13.0. The molecule has 1 aliphatic heterocycles. The number of carbonyl (C=O) groups excluding carboxylic acids is 1. The largest absolute Gasteiger partial charge is 0.454 e. The fraction of sp³-hybridized carbons (Fsp3) is 0.273. The van der Waals surface area contributed by atoms with Gasteiger partial charge in [0.25, 0.3) is 11.1 Å². The molecule has 5 heteroatoms. The van der Waals surface area contributed by atoms with Gasteiger partial charge in [0.2, 0.25) is 0 Å². The van der Waals surface area contributed by atoms with Gasteiger partial charge in [0.15, 0.2) is 5.60 Å². The third kappa shape index (κ3) is 1.57. The second kappa shape index (κ2) is 3.52. The van der Waals surface area contributed by atoms with Gasteiger partial charge in [-0.1, -0.05) is 12.1 Å². The van der Waals surface area contributed by atoms with Gasteiger partial charge >= 0.3 is 0 Å². The van der Waals surface area contributed by atoms with Gasteiger partial charge in [0, 0.05) is 0 Å². The molecule has 1 fully saturated rings. The number of benzene rings is 1. The number of hydrogen-bond acceptors (Lipinski definition) is 3. The molecule has 1 aromatic rings. The minimum absolute atomic E-state index is 0.0138. The summed E-state index contributed by atoms with van der Waals surface area (Å²) in [7, 11) is 0. The molecule has 16 heavy (non-hydrogen) atoms. The lowest BCUT2D eigenvalue weighted by Crippen LogP contribution is -2.36. The van der Waals surface area contributed by atoms with Crippen LogP contribution in [0.5, 0.6) is 0 Å². The molecule has 0 aromatic heterocycles. The minimum Gasteiger partial charge on any atom is -0.454 e. The summed E-state index contributed by atoms with van der Waals surface area (Å²) < 4.78 is 18.8. The first-order chi connectivity index (χ1) is 7.43. The number of thiocarbonyl (C=S) groups is 1. The van der Waals surface area contributed by atoms with E-state index >= 15 is 0 Å². The minimum atomic E-state index is -1.03. The van der Waals surface area contributed by atoms with E-state index in [1.807, 2.05) is 0 Å². The highest BCUT2D eigenvalue weighted by atomic mass is 32.1. The first kappa shape index (κ1) is 11.0. The van der Waals surface area contributed by atoms with Crippen LogP contribution in [0, 0.1) is 5.82 Å². The topological polar surface area (TPSA) is 29.5 Å². The quantitative estimate of drug-likeness (QED) is 0.704. The van der Waals surface area contributed by atoms with Crippen molar-refractivity contribution in [1.29, 1.82) is 0 Å². The Morgan fingerprint density at radius 3 is 2.50 bits per heavy atom. The van der Waals surface area contributed by atoms with E-state index < -0.39 is 11.4 Å². The number of amides is 1. The Morgan fingerprint density at radius 2 is 2.00 bits per heavy atom. The van der Waals surface area contributed by atoms with E-state index in [1.54, 1.807) is 26.0 Å². The van der Waals surface area contributed by atoms with Crippen molar-refractivity contribution in [3.05, 3.63) is 30.1 Å². The van der Waals surface area contributed by atoms with Crippen LogP contribution in [-0.2, 0) is 9.53 Å². The number of halogens is 1. The zero-order valence-corrected chi connectivity index (χ0v) is 9.68. The van der Waals surface area contributed by atoms with E-state index in [0.717, 1.165) is 4.90 Å². The van der Waals surface area contributed by atoms with Gasteiger partial charge in [0.05, 0.1) is 5.69 Å². The monoisotopic (exact) mass is 239 g/mol. The maximum absolute atomic E-state index is 13.5. The van der Waals surface area contributed by atoms with Crippen LogP contribution in [0.4, 0.5) is 10.1 Å². The Morgan fingerprint density at radius 1 is 1.38 bits per heavy atom. The van der Waals surface area contributed by atoms with E-state index in [4.69, 9.17) is 17.0 Å². The second-order valence-corrected chi connectivity index (χ2v) is 4.32. The highest BCUT2D eigenvalue weighted by Crippen LogP contribution is 2.30. The molecule has 1 amide bonds. The molecule has 0 atom stereocenters. The SMILES string of the molecule is CC1(C)OC(=S)N(c2ccccc2F)C1=O. The molecule has 0 unspecified atom stereocenters. The normalized spacial score (nSPS) is 18.8. The van der Waals surface area contributed by atoms with Gasteiger partial charge in [-0.2, -0.15) is 0 Å². The highest BCUT2D eigenvalue weighted by Gasteiger charge is 2.46. The molecule has 1 heterocycles. The highest BCUT2D eigenvalue weighted by molar-refractivity contribution is 7.80. The molecular weight excluding hydrogens is 229 g/mol. The van der Waals surface area contributed by atoms with Crippen LogP contribution in [0.3, 0.4) is 0 Å². The van der Waals surface area contributed by atoms with Crippen molar-refractivity contribution >= 4 is 29.0 Å². The molecule has 0 saturated carbocycles. The summed E-state index contributed by atoms with van der Waals surface area (Å²) in [5.41, 5.74) is -0.901. The van der Waals surface area contributed by atoms with Crippen molar-refractivity contribution in [3.8, 4) is 0 Å². The molecule has 0 N–H and O–H groups in total. The first-order valence-electron chi connectivity index (χ1n) is 4.75. The predicted octanol–water partition coefficient (Wildman–Crippen LogP) is 2.25. The maximum Gasteiger partial charge on any atom is 0.278 e. The number of para-hydroxylation sites is 1. The number of hydrogen-bond donors (Lipinski definition) is 0. The Bertz CT molecular complexity index is 473. The summed E-state index contributed by atoms with van der Waals surface area (Å²) in [6.45, 7) is 3.20. The van der Waals surface area contributed by atoms with Gasteiger partial charge in [-0.05, 0) is 38.2 Å². The van der Waals surface area contributed by atoms with Crippen LogP contribution in [0.2, 0.25) is 0 Å². The van der Waals surface area contributed by atoms with Gasteiger partial charge in [-0.15, -0.1) is 0 Å². The molecule has 1 aliphatic rings. The maximum atomic E-state index is 13.5. The molecule has 2 rings (SSSR count). The van der Waals surface area contributed by atoms with Crippen LogP contribution in [-0.4, -0.2) is 16.7 Å². The lowest BCUT2D eigenvalue weighted by molar-refractivity contribution is -0.127. The Labute approximate surface area is 97.8 Å². The molecule has 3 nitrogen and oxygen atoms in total. The second-order valence-electron chi connectivity index (χ2n) is 3.97. The fourth-order valence-corrected chi connectivity index (χ4v) is 1.89. The van der Waals surface area contributed by atoms with E-state index in [1.165, 1.54) is 12.1 Å². The summed E-state index contributed by atoms with van der Waals surface area (Å²) >= 11 is 4.92. The summed E-state index contributed by atoms with van der Waals surface area (Å²) in [5, 5.41) is -0.0138. The van der Waals surface area contributed by atoms with Gasteiger partial charge in [-0.25, -0.2) is 9.29 Å². The lowest BCUT2D eigenvalue weighted by Gasteiger charge is -2.15. The van der Waals surface area contributed by atoms with Crippen molar-refractivity contribution in [2.45, 2.75) is 19.4 Å². The first-order valence-corrected chi connectivity index (χ1v) is 5.16. The summed E-state index contributed by atoms with van der Waals surface area (Å²) in [5.74, 6) is -0.859. The van der Waals surface area contributed by atoms with Crippen molar-refractivity contribution in [2.24, 2.45) is 0 Å². The van der Waals surface area contributed by atoms with Crippen LogP contribution in [0.15, 0.2) is 24.3 Å². The Hall–Kier alpha value is -1.49. The lowest BCUT2D eigenvalue weighted by atomic mass is 10.1. The van der Waals surface area contributed by atoms with E-state index in [-0.39, 0.29) is 16.8 Å². The number of anilines is 1. The third-order valence-corrected chi connectivity index (χ3v) is 2.60. The number of carbonyl (C=O) groups is 1. The molecule has 0 bridgehead atoms. The smallest absolute Gasteiger partial charge is 0.278 e. The van der Waals surface area contributed by atoms with Crippen molar-refractivity contribution < 1.29 is 13.9 Å². The van der Waals surface area contributed by atoms with Gasteiger partial charge in [-0.3, -0.25) is 4.79 Å².